The Kier molecular flexibility index (Phi) is 7.15. The van der Waals surface area contributed by atoms with Crippen LogP contribution in [0, 0.1) is 13.8 Å². The molecule has 0 radical (unpaired) electrons. The Hall–Kier alpha value is -2.37. The van der Waals surface area contributed by atoms with Crippen molar-refractivity contribution in [1.82, 2.24) is 5.32 Å². The van der Waals surface area contributed by atoms with Gasteiger partial charge < -0.3 is 14.8 Å². The van der Waals surface area contributed by atoms with Crippen LogP contribution in [0.1, 0.15) is 55.6 Å². The van der Waals surface area contributed by atoms with Gasteiger partial charge in [0.2, 0.25) is 5.78 Å². The fraction of sp³-hybridized carbons (Fsp3) is 0.526. The van der Waals surface area contributed by atoms with Crippen molar-refractivity contribution < 1.29 is 23.9 Å². The lowest BCUT2D eigenvalue weighted by molar-refractivity contribution is -0.146. The van der Waals surface area contributed by atoms with E-state index in [1.165, 1.54) is 6.92 Å². The van der Waals surface area contributed by atoms with E-state index in [2.05, 4.69) is 5.32 Å². The number of rotatable bonds is 6. The Morgan fingerprint density at radius 2 is 1.76 bits per heavy atom. The summed E-state index contributed by atoms with van der Waals surface area (Å²) >= 11 is 0. The molecule has 1 atom stereocenters. The number of ether oxygens (including phenoxy) is 2. The fourth-order valence-corrected chi connectivity index (χ4v) is 2.02. The molecule has 1 aromatic rings. The minimum Gasteiger partial charge on any atom is -0.454 e. The Balaban J connectivity index is 2.44. The first-order valence-corrected chi connectivity index (χ1v) is 8.27. The van der Waals surface area contributed by atoms with Gasteiger partial charge in [0.05, 0.1) is 6.42 Å². The number of aryl methyl sites for hydroxylation is 2. The minimum absolute atomic E-state index is 0.0379. The van der Waals surface area contributed by atoms with Crippen molar-refractivity contribution in [2.75, 3.05) is 6.54 Å². The van der Waals surface area contributed by atoms with E-state index in [9.17, 15) is 14.4 Å². The first-order chi connectivity index (χ1) is 11.5. The number of carbonyl (C=O) groups excluding carboxylic acids is 3. The van der Waals surface area contributed by atoms with Gasteiger partial charge in [-0.15, -0.1) is 0 Å². The Bertz CT molecular complexity index is 646. The molecule has 0 heterocycles. The summed E-state index contributed by atoms with van der Waals surface area (Å²) in [5, 5.41) is 2.47. The number of carbonyl (C=O) groups is 3. The number of Topliss-reactive ketones (excluding diaryl/α,β-unsaturated/α-hetero) is 1. The van der Waals surface area contributed by atoms with E-state index < -0.39 is 23.8 Å². The molecule has 1 rings (SSSR count). The Morgan fingerprint density at radius 1 is 1.12 bits per heavy atom. The van der Waals surface area contributed by atoms with E-state index in [0.29, 0.717) is 5.56 Å². The molecule has 0 saturated carbocycles. The van der Waals surface area contributed by atoms with Crippen molar-refractivity contribution in [2.24, 2.45) is 0 Å². The molecule has 0 saturated heterocycles. The number of amides is 1. The van der Waals surface area contributed by atoms with Crippen molar-refractivity contribution in [3.05, 3.63) is 34.9 Å². The van der Waals surface area contributed by atoms with Gasteiger partial charge in [0, 0.05) is 12.1 Å². The maximum Gasteiger partial charge on any atom is 0.407 e. The van der Waals surface area contributed by atoms with Crippen LogP contribution in [0.3, 0.4) is 0 Å². The molecule has 1 aromatic carbocycles. The zero-order chi connectivity index (χ0) is 19.2. The van der Waals surface area contributed by atoms with Crippen LogP contribution in [0.2, 0.25) is 0 Å². The van der Waals surface area contributed by atoms with Gasteiger partial charge in [-0.3, -0.25) is 9.59 Å². The molecule has 0 aliphatic rings. The normalized spacial score (nSPS) is 12.2. The standard InChI is InChI=1S/C19H27NO5/c1-12-7-8-15(11-13(12)2)17(22)14(3)24-16(21)9-10-20-18(23)25-19(4,5)6/h7-8,11,14H,9-10H2,1-6H3,(H,20,23)/t14-/m1/s1. The lowest BCUT2D eigenvalue weighted by Gasteiger charge is -2.19. The van der Waals surface area contributed by atoms with Gasteiger partial charge in [-0.25, -0.2) is 4.79 Å². The van der Waals surface area contributed by atoms with Gasteiger partial charge in [-0.2, -0.15) is 0 Å². The number of ketones is 1. The monoisotopic (exact) mass is 349 g/mol. The summed E-state index contributed by atoms with van der Waals surface area (Å²) in [4.78, 5) is 35.6. The molecule has 138 valence electrons. The summed E-state index contributed by atoms with van der Waals surface area (Å²) in [6.07, 6.45) is -1.51. The largest absolute Gasteiger partial charge is 0.454 e. The Morgan fingerprint density at radius 3 is 2.32 bits per heavy atom. The average Bonchev–Trinajstić information content (AvgIpc) is 2.47. The lowest BCUT2D eigenvalue weighted by Crippen LogP contribution is -2.34. The third-order valence-electron chi connectivity index (χ3n) is 3.47. The number of hydrogen-bond acceptors (Lipinski definition) is 5. The van der Waals surface area contributed by atoms with E-state index in [1.807, 2.05) is 19.9 Å². The summed E-state index contributed by atoms with van der Waals surface area (Å²) in [6, 6.07) is 5.37. The van der Waals surface area contributed by atoms with Crippen LogP contribution in [0.15, 0.2) is 18.2 Å². The van der Waals surface area contributed by atoms with Crippen LogP contribution in [-0.4, -0.2) is 36.1 Å². The second kappa shape index (κ2) is 8.65. The summed E-state index contributed by atoms with van der Waals surface area (Å²) in [7, 11) is 0. The number of nitrogens with one attached hydrogen (secondary N) is 1. The highest BCUT2D eigenvalue weighted by molar-refractivity contribution is 6.00. The van der Waals surface area contributed by atoms with Gasteiger partial charge in [-0.05, 0) is 58.7 Å². The van der Waals surface area contributed by atoms with Crippen molar-refractivity contribution in [3.63, 3.8) is 0 Å². The number of alkyl carbamates (subject to hydrolysis) is 1. The van der Waals surface area contributed by atoms with Crippen molar-refractivity contribution in [3.8, 4) is 0 Å². The molecule has 0 aliphatic heterocycles. The van der Waals surface area contributed by atoms with Crippen LogP contribution in [-0.2, 0) is 14.3 Å². The lowest BCUT2D eigenvalue weighted by atomic mass is 10.0. The molecule has 0 aliphatic carbocycles. The first kappa shape index (κ1) is 20.7. The molecule has 25 heavy (non-hydrogen) atoms. The third-order valence-corrected chi connectivity index (χ3v) is 3.47. The molecule has 1 amide bonds. The van der Waals surface area contributed by atoms with Crippen molar-refractivity contribution >= 4 is 17.8 Å². The zero-order valence-corrected chi connectivity index (χ0v) is 15.8. The second-order valence-corrected chi connectivity index (χ2v) is 6.97. The molecule has 0 aromatic heterocycles. The third kappa shape index (κ3) is 7.37. The molecule has 0 bridgehead atoms. The minimum atomic E-state index is -0.879. The predicted octanol–water partition coefficient (Wildman–Crippen LogP) is 3.33. The van der Waals surface area contributed by atoms with Crippen LogP contribution >= 0.6 is 0 Å². The quantitative estimate of drug-likeness (QED) is 0.629. The van der Waals surface area contributed by atoms with Gasteiger partial charge in [0.1, 0.15) is 5.60 Å². The SMILES string of the molecule is Cc1ccc(C(=O)[C@@H](C)OC(=O)CCNC(=O)OC(C)(C)C)cc1C. The highest BCUT2D eigenvalue weighted by Gasteiger charge is 2.20. The fourth-order valence-electron chi connectivity index (χ4n) is 2.02. The Labute approximate surface area is 148 Å². The van der Waals surface area contributed by atoms with E-state index in [-0.39, 0.29) is 18.7 Å². The molecular weight excluding hydrogens is 322 g/mol. The van der Waals surface area contributed by atoms with E-state index >= 15 is 0 Å². The number of hydrogen-bond donors (Lipinski definition) is 1. The van der Waals surface area contributed by atoms with Crippen LogP contribution in [0.4, 0.5) is 4.79 Å². The molecule has 0 spiro atoms. The van der Waals surface area contributed by atoms with Gasteiger partial charge >= 0.3 is 12.1 Å². The predicted molar refractivity (Wildman–Crippen MR) is 94.7 cm³/mol. The average molecular weight is 349 g/mol. The molecule has 6 nitrogen and oxygen atoms in total. The summed E-state index contributed by atoms with van der Waals surface area (Å²) in [6.45, 7) is 10.8. The highest BCUT2D eigenvalue weighted by atomic mass is 16.6. The molecule has 0 unspecified atom stereocenters. The zero-order valence-electron chi connectivity index (χ0n) is 15.8. The van der Waals surface area contributed by atoms with Crippen LogP contribution < -0.4 is 5.32 Å². The molecule has 0 fully saturated rings. The summed E-state index contributed by atoms with van der Waals surface area (Å²) in [5.41, 5.74) is 2.01. The number of benzene rings is 1. The van der Waals surface area contributed by atoms with Crippen molar-refractivity contribution in [1.29, 1.82) is 0 Å². The smallest absolute Gasteiger partial charge is 0.407 e. The first-order valence-electron chi connectivity index (χ1n) is 8.27. The van der Waals surface area contributed by atoms with Crippen LogP contribution in [0.5, 0.6) is 0 Å². The molecular formula is C19H27NO5. The maximum atomic E-state index is 12.3. The van der Waals surface area contributed by atoms with Gasteiger partial charge in [0.25, 0.3) is 0 Å². The van der Waals surface area contributed by atoms with E-state index in [0.717, 1.165) is 11.1 Å². The van der Waals surface area contributed by atoms with E-state index in [4.69, 9.17) is 9.47 Å². The molecule has 1 N–H and O–H groups in total. The second-order valence-electron chi connectivity index (χ2n) is 6.97. The number of esters is 1. The van der Waals surface area contributed by atoms with Crippen LogP contribution in [0.25, 0.3) is 0 Å². The maximum absolute atomic E-state index is 12.3. The molecule has 6 heteroatoms. The van der Waals surface area contributed by atoms with Crippen molar-refractivity contribution in [2.45, 2.75) is 59.7 Å². The van der Waals surface area contributed by atoms with E-state index in [1.54, 1.807) is 32.9 Å². The van der Waals surface area contributed by atoms with Gasteiger partial charge in [0.15, 0.2) is 6.10 Å². The highest BCUT2D eigenvalue weighted by Crippen LogP contribution is 2.13. The summed E-state index contributed by atoms with van der Waals surface area (Å²) < 4.78 is 10.2. The topological polar surface area (TPSA) is 81.7 Å². The summed E-state index contributed by atoms with van der Waals surface area (Å²) in [5.74, 6) is -0.808. The van der Waals surface area contributed by atoms with Gasteiger partial charge in [-0.1, -0.05) is 12.1 Å².